The van der Waals surface area contributed by atoms with Crippen molar-refractivity contribution in [2.45, 2.75) is 32.8 Å². The molecule has 0 radical (unpaired) electrons. The highest BCUT2D eigenvalue weighted by Gasteiger charge is 2.33. The molecule has 3 rings (SSSR count). The third-order valence-electron chi connectivity index (χ3n) is 3.49. The Hall–Kier alpha value is -2.12. The molecule has 0 spiro atoms. The number of nitrogens with zero attached hydrogens (tertiary/aromatic N) is 1. The van der Waals surface area contributed by atoms with Crippen LogP contribution < -0.4 is 9.47 Å². The Bertz CT molecular complexity index is 763. The molecule has 0 saturated heterocycles. The number of nitro groups is 1. The molecule has 0 aromatic heterocycles. The second-order valence-corrected chi connectivity index (χ2v) is 6.46. The maximum atomic E-state index is 11.4. The molecule has 2 aromatic rings. The monoisotopic (exact) mass is 393 g/mol. The van der Waals surface area contributed by atoms with Crippen LogP contribution in [0.15, 0.2) is 40.9 Å². The second-order valence-electron chi connectivity index (χ2n) is 5.61. The summed E-state index contributed by atoms with van der Waals surface area (Å²) in [7, 11) is 0. The van der Waals surface area contributed by atoms with Gasteiger partial charge in [-0.25, -0.2) is 0 Å². The van der Waals surface area contributed by atoms with E-state index in [-0.39, 0.29) is 24.1 Å². The molecule has 1 aliphatic rings. The van der Waals surface area contributed by atoms with Gasteiger partial charge in [0, 0.05) is 21.7 Å². The van der Waals surface area contributed by atoms with Crippen LogP contribution in [0.5, 0.6) is 11.5 Å². The molecule has 0 amide bonds. The van der Waals surface area contributed by atoms with Crippen LogP contribution in [0.2, 0.25) is 0 Å². The zero-order chi connectivity index (χ0) is 17.3. The van der Waals surface area contributed by atoms with E-state index in [9.17, 15) is 10.1 Å². The molecule has 0 N–H and O–H groups in total. The summed E-state index contributed by atoms with van der Waals surface area (Å²) in [6.07, 6.45) is -0.863. The molecule has 0 aliphatic carbocycles. The van der Waals surface area contributed by atoms with E-state index in [1.165, 1.54) is 6.07 Å². The van der Waals surface area contributed by atoms with E-state index in [2.05, 4.69) is 15.9 Å². The first-order valence-corrected chi connectivity index (χ1v) is 8.26. The van der Waals surface area contributed by atoms with Crippen molar-refractivity contribution in [3.63, 3.8) is 0 Å². The average molecular weight is 394 g/mol. The quantitative estimate of drug-likeness (QED) is 0.553. The Morgan fingerprint density at radius 3 is 2.67 bits per heavy atom. The summed E-state index contributed by atoms with van der Waals surface area (Å²) in [5.41, 5.74) is 1.40. The minimum atomic E-state index is -0.637. The summed E-state index contributed by atoms with van der Waals surface area (Å²) in [6, 6.07) is 10.8. The van der Waals surface area contributed by atoms with Crippen LogP contribution in [-0.2, 0) is 11.3 Å². The highest BCUT2D eigenvalue weighted by atomic mass is 79.9. The number of halogens is 1. The Labute approximate surface area is 147 Å². The van der Waals surface area contributed by atoms with Crippen molar-refractivity contribution in [2.75, 3.05) is 0 Å². The predicted octanol–water partition coefficient (Wildman–Crippen LogP) is 4.75. The minimum Gasteiger partial charge on any atom is -0.482 e. The van der Waals surface area contributed by atoms with Crippen molar-refractivity contribution in [3.05, 3.63) is 62.1 Å². The van der Waals surface area contributed by atoms with E-state index in [0.29, 0.717) is 15.8 Å². The van der Waals surface area contributed by atoms with Gasteiger partial charge < -0.3 is 14.2 Å². The van der Waals surface area contributed by atoms with Crippen molar-refractivity contribution in [2.24, 2.45) is 0 Å². The van der Waals surface area contributed by atoms with Gasteiger partial charge in [0.2, 0.25) is 12.0 Å². The van der Waals surface area contributed by atoms with Gasteiger partial charge in [0.25, 0.3) is 0 Å². The number of fused-ring (bicyclic) bond motifs is 1. The standard InChI is InChI=1S/C17H16BrNO5/c1-10(2)23-16-14(19(20)21)8-13(18)12-9-22-17(24-15(12)16)11-6-4-3-5-7-11/h3-8,10,17H,9H2,1-2H3. The molecule has 126 valence electrons. The highest BCUT2D eigenvalue weighted by molar-refractivity contribution is 9.10. The number of hydrogen-bond donors (Lipinski definition) is 0. The van der Waals surface area contributed by atoms with Gasteiger partial charge in [-0.1, -0.05) is 46.3 Å². The first-order valence-electron chi connectivity index (χ1n) is 7.47. The molecule has 1 unspecified atom stereocenters. The van der Waals surface area contributed by atoms with Crippen molar-refractivity contribution >= 4 is 21.6 Å². The summed E-state index contributed by atoms with van der Waals surface area (Å²) < 4.78 is 18.0. The lowest BCUT2D eigenvalue weighted by atomic mass is 10.1. The van der Waals surface area contributed by atoms with Crippen LogP contribution in [0.4, 0.5) is 5.69 Å². The van der Waals surface area contributed by atoms with Crippen molar-refractivity contribution in [1.29, 1.82) is 0 Å². The van der Waals surface area contributed by atoms with E-state index in [1.54, 1.807) is 0 Å². The van der Waals surface area contributed by atoms with Crippen LogP contribution in [0.3, 0.4) is 0 Å². The zero-order valence-electron chi connectivity index (χ0n) is 13.2. The zero-order valence-corrected chi connectivity index (χ0v) is 14.8. The summed E-state index contributed by atoms with van der Waals surface area (Å²) in [4.78, 5) is 10.9. The van der Waals surface area contributed by atoms with Gasteiger partial charge >= 0.3 is 5.69 Å². The lowest BCUT2D eigenvalue weighted by Crippen LogP contribution is -2.20. The van der Waals surface area contributed by atoms with E-state index in [4.69, 9.17) is 14.2 Å². The van der Waals surface area contributed by atoms with Crippen molar-refractivity contribution in [3.8, 4) is 11.5 Å². The van der Waals surface area contributed by atoms with Crippen LogP contribution in [0, 0.1) is 10.1 Å². The lowest BCUT2D eigenvalue weighted by Gasteiger charge is -2.29. The van der Waals surface area contributed by atoms with Crippen LogP contribution in [0.1, 0.15) is 31.3 Å². The number of ether oxygens (including phenoxy) is 3. The molecular formula is C17H16BrNO5. The molecule has 1 heterocycles. The molecular weight excluding hydrogens is 378 g/mol. The van der Waals surface area contributed by atoms with E-state index in [1.807, 2.05) is 44.2 Å². The Morgan fingerprint density at radius 1 is 1.33 bits per heavy atom. The maximum absolute atomic E-state index is 11.4. The summed E-state index contributed by atoms with van der Waals surface area (Å²) in [6.45, 7) is 3.89. The molecule has 6 nitrogen and oxygen atoms in total. The molecule has 0 fully saturated rings. The lowest BCUT2D eigenvalue weighted by molar-refractivity contribution is -0.386. The van der Waals surface area contributed by atoms with Crippen LogP contribution in [0.25, 0.3) is 0 Å². The van der Waals surface area contributed by atoms with E-state index < -0.39 is 11.2 Å². The van der Waals surface area contributed by atoms with Crippen LogP contribution >= 0.6 is 15.9 Å². The fourth-order valence-electron chi connectivity index (χ4n) is 2.45. The van der Waals surface area contributed by atoms with Crippen molar-refractivity contribution < 1.29 is 19.1 Å². The second kappa shape index (κ2) is 6.78. The molecule has 7 heteroatoms. The normalized spacial score (nSPS) is 16.4. The van der Waals surface area contributed by atoms with Gasteiger partial charge in [-0.2, -0.15) is 0 Å². The SMILES string of the molecule is CC(C)Oc1c([N+](=O)[O-])cc(Br)c2c1OC(c1ccccc1)OC2. The molecule has 1 aliphatic heterocycles. The largest absolute Gasteiger partial charge is 0.482 e. The number of nitro benzene ring substituents is 1. The molecule has 0 bridgehead atoms. The van der Waals surface area contributed by atoms with Gasteiger partial charge in [0.05, 0.1) is 17.6 Å². The Balaban J connectivity index is 2.08. The smallest absolute Gasteiger partial charge is 0.316 e. The van der Waals surface area contributed by atoms with E-state index in [0.717, 1.165) is 5.56 Å². The number of rotatable bonds is 4. The van der Waals surface area contributed by atoms with Crippen LogP contribution in [-0.4, -0.2) is 11.0 Å². The molecule has 1 atom stereocenters. The fraction of sp³-hybridized carbons (Fsp3) is 0.294. The third kappa shape index (κ3) is 3.22. The minimum absolute atomic E-state index is 0.136. The third-order valence-corrected chi connectivity index (χ3v) is 4.20. The maximum Gasteiger partial charge on any atom is 0.316 e. The van der Waals surface area contributed by atoms with Gasteiger partial charge in [0.15, 0.2) is 5.75 Å². The molecule has 2 aromatic carbocycles. The first-order chi connectivity index (χ1) is 11.5. The van der Waals surface area contributed by atoms with Gasteiger partial charge in [-0.05, 0) is 13.8 Å². The Kier molecular flexibility index (Phi) is 4.73. The highest BCUT2D eigenvalue weighted by Crippen LogP contribution is 2.48. The molecule has 24 heavy (non-hydrogen) atoms. The predicted molar refractivity (Wildman–Crippen MR) is 91.2 cm³/mol. The summed E-state index contributed by atoms with van der Waals surface area (Å²) >= 11 is 3.36. The number of hydrogen-bond acceptors (Lipinski definition) is 5. The summed E-state index contributed by atoms with van der Waals surface area (Å²) in [5.74, 6) is 0.488. The fourth-order valence-corrected chi connectivity index (χ4v) is 2.96. The van der Waals surface area contributed by atoms with Crippen molar-refractivity contribution in [1.82, 2.24) is 0 Å². The number of benzene rings is 2. The van der Waals surface area contributed by atoms with Gasteiger partial charge in [0.1, 0.15) is 0 Å². The first kappa shape index (κ1) is 16.7. The van der Waals surface area contributed by atoms with Gasteiger partial charge in [-0.3, -0.25) is 10.1 Å². The molecule has 0 saturated carbocycles. The Morgan fingerprint density at radius 2 is 2.04 bits per heavy atom. The van der Waals surface area contributed by atoms with E-state index >= 15 is 0 Å². The average Bonchev–Trinajstić information content (AvgIpc) is 2.57. The van der Waals surface area contributed by atoms with Gasteiger partial charge in [-0.15, -0.1) is 0 Å². The summed E-state index contributed by atoms with van der Waals surface area (Å²) in [5, 5.41) is 11.4. The topological polar surface area (TPSA) is 70.8 Å².